The maximum absolute atomic E-state index is 14.8. The number of aromatic nitrogens is 2. The first-order valence-corrected chi connectivity index (χ1v) is 20.8. The van der Waals surface area contributed by atoms with Crippen LogP contribution in [0, 0.1) is 17.7 Å². The standard InChI is InChI=1S/C27H26FN5O6S.C15H13ClO.C6H4/c1-14(34)31-26(40)32-18-3-4-22(20(28)7-18)39-25-19-8-23(37-2)24(9-21(19)29-13-30-25)38-12-15-5-16-10-33(27(35)36)11-17(16)6-15;16-15(17)14(13-9-5-2-6-10-13)11-12-7-3-1-4-8-12;1-2-5-4-6(5)3-1/h3-5,7-9,13,15,17H,6,10-12H2,1-2H3,(H,35,36)(H2,31,32,34,40);1-10,14H,11H2;1-4H. The number of rotatable bonds is 11. The van der Waals surface area contributed by atoms with Gasteiger partial charge in [0.25, 0.3) is 0 Å². The molecule has 12 nitrogen and oxygen atoms in total. The van der Waals surface area contributed by atoms with Crippen LogP contribution in [0.2, 0.25) is 0 Å². The van der Waals surface area contributed by atoms with E-state index in [9.17, 15) is 23.9 Å². The predicted molar refractivity (Wildman–Crippen MR) is 243 cm³/mol. The van der Waals surface area contributed by atoms with E-state index in [0.717, 1.165) is 23.1 Å². The summed E-state index contributed by atoms with van der Waals surface area (Å²) >= 11 is 10.7. The topological polar surface area (TPSA) is 152 Å². The number of hydrogen-bond acceptors (Lipinski definition) is 9. The Bertz CT molecular complexity index is 2650. The van der Waals surface area contributed by atoms with Gasteiger partial charge in [-0.05, 0) is 88.8 Å². The molecule has 2 heterocycles. The van der Waals surface area contributed by atoms with Gasteiger partial charge in [0, 0.05) is 49.7 Å². The van der Waals surface area contributed by atoms with Gasteiger partial charge in [-0.2, -0.15) is 0 Å². The predicted octanol–water partition coefficient (Wildman–Crippen LogP) is 9.78. The van der Waals surface area contributed by atoms with Crippen LogP contribution in [0.15, 0.2) is 133 Å². The first kappa shape index (κ1) is 44.2. The molecular weight excluding hydrogens is 845 g/mol. The van der Waals surface area contributed by atoms with E-state index in [1.165, 1.54) is 48.5 Å². The van der Waals surface area contributed by atoms with Gasteiger partial charge >= 0.3 is 6.09 Å². The lowest BCUT2D eigenvalue weighted by atomic mass is 9.93. The number of nitrogens with zero attached hydrogens (tertiary/aromatic N) is 3. The molecule has 4 aliphatic rings. The Kier molecular flexibility index (Phi) is 14.2. The molecule has 2 amide bonds. The van der Waals surface area contributed by atoms with Crippen LogP contribution in [-0.4, -0.2) is 69.1 Å². The van der Waals surface area contributed by atoms with Crippen molar-refractivity contribution in [2.24, 2.45) is 11.8 Å². The second kappa shape index (κ2) is 20.3. The molecule has 3 atom stereocenters. The van der Waals surface area contributed by atoms with E-state index >= 15 is 0 Å². The van der Waals surface area contributed by atoms with Crippen molar-refractivity contribution < 1.29 is 38.1 Å². The Labute approximate surface area is 373 Å². The maximum Gasteiger partial charge on any atom is 0.407 e. The van der Waals surface area contributed by atoms with Crippen molar-refractivity contribution in [1.29, 1.82) is 0 Å². The number of nitrogens with one attached hydrogen (secondary N) is 2. The number of carboxylic acid groups (broad SMARTS) is 1. The SMILES string of the molecule is COc1cc2c(Oc3ccc(NC(=S)NC(C)=O)cc3F)ncnc2cc1OCC1C=C2CN(C(=O)O)CC2C1.O=C(Cl)C(Cc1ccccc1)c1ccccc1.c1cc2cc-2c1. The number of carbonyl (C=O) groups excluding carboxylic acids is 2. The normalized spacial score (nSPS) is 15.6. The summed E-state index contributed by atoms with van der Waals surface area (Å²) in [5.41, 5.74) is 6.93. The van der Waals surface area contributed by atoms with Crippen LogP contribution in [-0.2, 0) is 16.0 Å². The van der Waals surface area contributed by atoms with E-state index in [1.54, 1.807) is 18.2 Å². The van der Waals surface area contributed by atoms with Crippen LogP contribution in [0.5, 0.6) is 23.1 Å². The van der Waals surface area contributed by atoms with Gasteiger partial charge in [-0.15, -0.1) is 0 Å². The van der Waals surface area contributed by atoms with Crippen molar-refractivity contribution in [3.05, 3.63) is 150 Å². The summed E-state index contributed by atoms with van der Waals surface area (Å²) in [7, 11) is 1.51. The Balaban J connectivity index is 0.000000209. The van der Waals surface area contributed by atoms with Crippen molar-refractivity contribution in [1.82, 2.24) is 20.2 Å². The maximum atomic E-state index is 14.8. The molecule has 4 aromatic carbocycles. The molecule has 15 heteroatoms. The molecule has 322 valence electrons. The molecule has 3 N–H and O–H groups in total. The number of ether oxygens (including phenoxy) is 3. The van der Waals surface area contributed by atoms with Gasteiger partial charge in [-0.25, -0.2) is 19.2 Å². The second-order valence-electron chi connectivity index (χ2n) is 15.0. The van der Waals surface area contributed by atoms with Crippen molar-refractivity contribution in [3.63, 3.8) is 0 Å². The summed E-state index contributed by atoms with van der Waals surface area (Å²) in [4.78, 5) is 43.8. The highest BCUT2D eigenvalue weighted by molar-refractivity contribution is 7.80. The van der Waals surface area contributed by atoms with Crippen molar-refractivity contribution >= 4 is 62.8 Å². The third-order valence-corrected chi connectivity index (χ3v) is 11.0. The van der Waals surface area contributed by atoms with Crippen LogP contribution in [0.25, 0.3) is 22.0 Å². The lowest BCUT2D eigenvalue weighted by Gasteiger charge is -2.17. The third-order valence-electron chi connectivity index (χ3n) is 10.5. The fourth-order valence-electron chi connectivity index (χ4n) is 7.43. The van der Waals surface area contributed by atoms with Crippen LogP contribution >= 0.6 is 23.8 Å². The van der Waals surface area contributed by atoms with Crippen LogP contribution < -0.4 is 24.8 Å². The number of benzene rings is 5. The van der Waals surface area contributed by atoms with Gasteiger partial charge in [0.05, 0.1) is 30.5 Å². The van der Waals surface area contributed by atoms with Gasteiger partial charge in [0.15, 0.2) is 28.2 Å². The molecule has 0 bridgehead atoms. The van der Waals surface area contributed by atoms with Gasteiger partial charge in [0.2, 0.25) is 17.0 Å². The molecule has 1 aromatic heterocycles. The number of amides is 2. The van der Waals surface area contributed by atoms with Crippen molar-refractivity contribution in [3.8, 4) is 34.3 Å². The first-order chi connectivity index (χ1) is 30.4. The first-order valence-electron chi connectivity index (χ1n) is 20.0. The van der Waals surface area contributed by atoms with E-state index in [1.807, 2.05) is 60.7 Å². The zero-order valence-corrected chi connectivity index (χ0v) is 35.9. The number of fused-ring (bicyclic) bond motifs is 3. The molecule has 1 fully saturated rings. The molecule has 3 unspecified atom stereocenters. The average Bonchev–Trinajstić information content (AvgIpc) is 3.52. The summed E-state index contributed by atoms with van der Waals surface area (Å²) in [6.07, 6.45) is 4.00. The summed E-state index contributed by atoms with van der Waals surface area (Å²) in [6.45, 7) is 2.68. The summed E-state index contributed by atoms with van der Waals surface area (Å²) in [6, 6.07) is 35.6. The minimum absolute atomic E-state index is 0.0461. The van der Waals surface area contributed by atoms with E-state index in [4.69, 9.17) is 38.0 Å². The molecule has 3 aliphatic carbocycles. The summed E-state index contributed by atoms with van der Waals surface area (Å²) in [5, 5.41) is 14.6. The fraction of sp³-hybridized carbons (Fsp3) is 0.208. The lowest BCUT2D eigenvalue weighted by molar-refractivity contribution is -0.117. The molecule has 5 aromatic rings. The summed E-state index contributed by atoms with van der Waals surface area (Å²) < 4.78 is 32.3. The number of carbonyl (C=O) groups is 3. The highest BCUT2D eigenvalue weighted by atomic mass is 35.5. The van der Waals surface area contributed by atoms with Crippen LogP contribution in [0.1, 0.15) is 30.4 Å². The van der Waals surface area contributed by atoms with Crippen molar-refractivity contribution in [2.75, 3.05) is 32.1 Å². The number of hydrogen-bond donors (Lipinski definition) is 3. The monoisotopic (exact) mass is 887 g/mol. The molecule has 0 radical (unpaired) electrons. The van der Waals surface area contributed by atoms with Gasteiger partial charge < -0.3 is 34.9 Å². The molecule has 1 saturated heterocycles. The minimum atomic E-state index is -0.894. The molecule has 1 aliphatic heterocycles. The smallest absolute Gasteiger partial charge is 0.407 e. The Morgan fingerprint density at radius 2 is 1.65 bits per heavy atom. The molecule has 63 heavy (non-hydrogen) atoms. The molecule has 0 spiro atoms. The summed E-state index contributed by atoms with van der Waals surface area (Å²) in [5.74, 6) is 0.0846. The largest absolute Gasteiger partial charge is 0.493 e. The van der Waals surface area contributed by atoms with E-state index in [-0.39, 0.29) is 45.6 Å². The Hall–Kier alpha value is -6.90. The highest BCUT2D eigenvalue weighted by Crippen LogP contribution is 2.40. The number of halogens is 2. The quantitative estimate of drug-likeness (QED) is 0.0647. The number of likely N-dealkylation sites (tertiary alicyclic amines) is 1. The Morgan fingerprint density at radius 1 is 0.921 bits per heavy atom. The number of anilines is 1. The van der Waals surface area contributed by atoms with Gasteiger partial charge in [-0.1, -0.05) is 84.9 Å². The van der Waals surface area contributed by atoms with Gasteiger partial charge in [0.1, 0.15) is 6.33 Å². The zero-order chi connectivity index (χ0) is 44.5. The fourth-order valence-corrected chi connectivity index (χ4v) is 7.89. The number of methoxy groups -OCH3 is 1. The Morgan fingerprint density at radius 3 is 2.25 bits per heavy atom. The number of thiocarbonyl (C=S) groups is 1. The van der Waals surface area contributed by atoms with E-state index in [0.29, 0.717) is 54.2 Å². The third kappa shape index (κ3) is 11.7. The second-order valence-corrected chi connectivity index (χ2v) is 15.8. The highest BCUT2D eigenvalue weighted by Gasteiger charge is 2.36. The van der Waals surface area contributed by atoms with Crippen LogP contribution in [0.3, 0.4) is 0 Å². The molecular formula is C48H43ClFN5O7S. The zero-order valence-electron chi connectivity index (χ0n) is 34.3. The van der Waals surface area contributed by atoms with E-state index in [2.05, 4.69) is 50.9 Å². The average molecular weight is 888 g/mol. The van der Waals surface area contributed by atoms with Crippen molar-refractivity contribution in [2.45, 2.75) is 25.7 Å². The van der Waals surface area contributed by atoms with Gasteiger partial charge in [-0.3, -0.25) is 9.59 Å². The molecule has 9 rings (SSSR count). The lowest BCUT2D eigenvalue weighted by Crippen LogP contribution is -2.32. The minimum Gasteiger partial charge on any atom is -0.493 e. The van der Waals surface area contributed by atoms with E-state index < -0.39 is 11.9 Å². The molecule has 0 saturated carbocycles. The van der Waals surface area contributed by atoms with Crippen LogP contribution in [0.4, 0.5) is 14.9 Å².